The maximum atomic E-state index is 4.72. The van der Waals surface area contributed by atoms with Crippen LogP contribution in [0, 0.1) is 12.8 Å². The van der Waals surface area contributed by atoms with E-state index in [-0.39, 0.29) is 5.41 Å². The molecule has 0 aliphatic carbocycles. The number of nitrogens with zero attached hydrogens (tertiary/aromatic N) is 1. The number of aryl methyl sites for hydroxylation is 2. The van der Waals surface area contributed by atoms with Crippen LogP contribution in [-0.4, -0.2) is 4.98 Å². The number of rotatable bonds is 7. The van der Waals surface area contributed by atoms with Gasteiger partial charge in [-0.05, 0) is 66.8 Å². The van der Waals surface area contributed by atoms with Gasteiger partial charge in [0.2, 0.25) is 0 Å². The summed E-state index contributed by atoms with van der Waals surface area (Å²) >= 11 is 0. The summed E-state index contributed by atoms with van der Waals surface area (Å²) in [7, 11) is 0. The topological polar surface area (TPSA) is 12.9 Å². The van der Waals surface area contributed by atoms with E-state index in [9.17, 15) is 0 Å². The number of pyridine rings is 1. The molecular formula is C22H31N. The monoisotopic (exact) mass is 309 g/mol. The smallest absolute Gasteiger partial charge is 0.0708 e. The van der Waals surface area contributed by atoms with Gasteiger partial charge in [0.15, 0.2) is 0 Å². The largest absolute Gasteiger partial charge is 0.253 e. The standard InChI is InChI=1S/C22H31N/c1-7-10-13-22(6,16(4)8-2)19-11-12-21-20(15-19)18(9-3)14-17(5)23-21/h7,11-12,14-16H,1,8-10,13H2,2-6H3. The van der Waals surface area contributed by atoms with Gasteiger partial charge in [-0.25, -0.2) is 0 Å². The van der Waals surface area contributed by atoms with Gasteiger partial charge in [-0.2, -0.15) is 0 Å². The fourth-order valence-corrected chi connectivity index (χ4v) is 3.62. The summed E-state index contributed by atoms with van der Waals surface area (Å²) in [5.41, 5.74) is 5.28. The Bertz CT molecular complexity index is 686. The molecule has 124 valence electrons. The van der Waals surface area contributed by atoms with Crippen LogP contribution in [0.3, 0.4) is 0 Å². The van der Waals surface area contributed by atoms with Crippen LogP contribution in [0.1, 0.15) is 63.8 Å². The quantitative estimate of drug-likeness (QED) is 0.541. The number of fused-ring (bicyclic) bond motifs is 1. The van der Waals surface area contributed by atoms with Crippen molar-refractivity contribution in [2.45, 2.75) is 65.7 Å². The Labute approximate surface area is 141 Å². The molecule has 0 fully saturated rings. The Kier molecular flexibility index (Phi) is 5.62. The van der Waals surface area contributed by atoms with Gasteiger partial charge < -0.3 is 0 Å². The van der Waals surface area contributed by atoms with Gasteiger partial charge in [-0.3, -0.25) is 4.98 Å². The molecule has 0 spiro atoms. The molecule has 0 aliphatic rings. The number of allylic oxidation sites excluding steroid dienone is 1. The summed E-state index contributed by atoms with van der Waals surface area (Å²) in [6.07, 6.45) is 6.50. The lowest BCUT2D eigenvalue weighted by Crippen LogP contribution is -2.30. The third-order valence-corrected chi connectivity index (χ3v) is 5.63. The molecule has 1 aromatic heterocycles. The van der Waals surface area contributed by atoms with Crippen LogP contribution in [0.5, 0.6) is 0 Å². The van der Waals surface area contributed by atoms with E-state index in [0.29, 0.717) is 5.92 Å². The van der Waals surface area contributed by atoms with Gasteiger partial charge in [0, 0.05) is 11.1 Å². The zero-order chi connectivity index (χ0) is 17.0. The molecular weight excluding hydrogens is 278 g/mol. The highest BCUT2D eigenvalue weighted by Gasteiger charge is 2.31. The first-order valence-electron chi connectivity index (χ1n) is 8.97. The third kappa shape index (κ3) is 3.49. The molecule has 2 aromatic rings. The van der Waals surface area contributed by atoms with E-state index in [4.69, 9.17) is 4.98 Å². The van der Waals surface area contributed by atoms with Gasteiger partial charge >= 0.3 is 0 Å². The van der Waals surface area contributed by atoms with Crippen molar-refractivity contribution in [3.8, 4) is 0 Å². The van der Waals surface area contributed by atoms with Gasteiger partial charge in [-0.1, -0.05) is 46.3 Å². The lowest BCUT2D eigenvalue weighted by Gasteiger charge is -2.36. The molecule has 2 atom stereocenters. The zero-order valence-corrected chi connectivity index (χ0v) is 15.4. The second-order valence-electron chi connectivity index (χ2n) is 7.06. The molecule has 0 amide bonds. The summed E-state index contributed by atoms with van der Waals surface area (Å²) < 4.78 is 0. The predicted octanol–water partition coefficient (Wildman–Crippen LogP) is 6.38. The van der Waals surface area contributed by atoms with Crippen molar-refractivity contribution in [2.75, 3.05) is 0 Å². The Morgan fingerprint density at radius 2 is 2.00 bits per heavy atom. The summed E-state index contributed by atoms with van der Waals surface area (Å²) in [5, 5.41) is 1.32. The van der Waals surface area contributed by atoms with E-state index < -0.39 is 0 Å². The summed E-state index contributed by atoms with van der Waals surface area (Å²) in [4.78, 5) is 4.72. The summed E-state index contributed by atoms with van der Waals surface area (Å²) in [6, 6.07) is 9.14. The Morgan fingerprint density at radius 1 is 1.26 bits per heavy atom. The van der Waals surface area contributed by atoms with E-state index >= 15 is 0 Å². The fourth-order valence-electron chi connectivity index (χ4n) is 3.62. The number of benzene rings is 1. The first-order chi connectivity index (χ1) is 11.0. The maximum Gasteiger partial charge on any atom is 0.0708 e. The van der Waals surface area contributed by atoms with E-state index in [1.807, 2.05) is 6.08 Å². The van der Waals surface area contributed by atoms with Crippen molar-refractivity contribution in [1.82, 2.24) is 4.98 Å². The van der Waals surface area contributed by atoms with Crippen molar-refractivity contribution in [1.29, 1.82) is 0 Å². The van der Waals surface area contributed by atoms with Crippen molar-refractivity contribution in [3.63, 3.8) is 0 Å². The highest BCUT2D eigenvalue weighted by atomic mass is 14.7. The number of hydrogen-bond acceptors (Lipinski definition) is 1. The van der Waals surface area contributed by atoms with E-state index in [0.717, 1.165) is 30.5 Å². The molecule has 1 aromatic carbocycles. The van der Waals surface area contributed by atoms with Crippen LogP contribution in [0.25, 0.3) is 10.9 Å². The van der Waals surface area contributed by atoms with Crippen LogP contribution < -0.4 is 0 Å². The first-order valence-corrected chi connectivity index (χ1v) is 8.97. The highest BCUT2D eigenvalue weighted by Crippen LogP contribution is 2.39. The second kappa shape index (κ2) is 7.29. The average molecular weight is 309 g/mol. The van der Waals surface area contributed by atoms with Crippen molar-refractivity contribution in [3.05, 3.63) is 53.7 Å². The minimum absolute atomic E-state index is 0.188. The lowest BCUT2D eigenvalue weighted by molar-refractivity contribution is 0.287. The van der Waals surface area contributed by atoms with Crippen LogP contribution in [0.4, 0.5) is 0 Å². The molecule has 0 radical (unpaired) electrons. The molecule has 23 heavy (non-hydrogen) atoms. The first kappa shape index (κ1) is 17.7. The molecule has 2 rings (SSSR count). The van der Waals surface area contributed by atoms with Crippen LogP contribution in [0.2, 0.25) is 0 Å². The normalized spacial score (nSPS) is 15.3. The molecule has 0 aliphatic heterocycles. The van der Waals surface area contributed by atoms with Gasteiger partial charge in [0.25, 0.3) is 0 Å². The lowest BCUT2D eigenvalue weighted by atomic mass is 9.68. The van der Waals surface area contributed by atoms with Crippen molar-refractivity contribution < 1.29 is 0 Å². The maximum absolute atomic E-state index is 4.72. The van der Waals surface area contributed by atoms with Crippen LogP contribution in [-0.2, 0) is 11.8 Å². The second-order valence-corrected chi connectivity index (χ2v) is 7.06. The fraction of sp³-hybridized carbons (Fsp3) is 0.500. The molecule has 0 saturated carbocycles. The Morgan fingerprint density at radius 3 is 2.61 bits per heavy atom. The molecule has 2 unspecified atom stereocenters. The minimum atomic E-state index is 0.188. The van der Waals surface area contributed by atoms with Gasteiger partial charge in [0.05, 0.1) is 5.52 Å². The minimum Gasteiger partial charge on any atom is -0.253 e. The van der Waals surface area contributed by atoms with Gasteiger partial charge in [-0.15, -0.1) is 6.58 Å². The van der Waals surface area contributed by atoms with Crippen LogP contribution >= 0.6 is 0 Å². The molecule has 1 heterocycles. The predicted molar refractivity (Wildman–Crippen MR) is 102 cm³/mol. The SMILES string of the molecule is C=CCCC(C)(c1ccc2nc(C)cc(CC)c2c1)C(C)CC. The molecule has 0 bridgehead atoms. The zero-order valence-electron chi connectivity index (χ0n) is 15.4. The van der Waals surface area contributed by atoms with Crippen molar-refractivity contribution in [2.24, 2.45) is 5.92 Å². The summed E-state index contributed by atoms with van der Waals surface area (Å²) in [6.45, 7) is 15.3. The Balaban J connectivity index is 2.60. The Hall–Kier alpha value is -1.63. The molecule has 1 nitrogen and oxygen atoms in total. The molecule has 1 heteroatoms. The average Bonchev–Trinajstić information content (AvgIpc) is 2.57. The van der Waals surface area contributed by atoms with E-state index in [2.05, 4.69) is 65.5 Å². The third-order valence-electron chi connectivity index (χ3n) is 5.63. The molecule has 0 saturated heterocycles. The van der Waals surface area contributed by atoms with Gasteiger partial charge in [0.1, 0.15) is 0 Å². The van der Waals surface area contributed by atoms with Crippen molar-refractivity contribution >= 4 is 10.9 Å². The highest BCUT2D eigenvalue weighted by molar-refractivity contribution is 5.83. The molecule has 0 N–H and O–H groups in total. The van der Waals surface area contributed by atoms with E-state index in [1.165, 1.54) is 22.9 Å². The number of hydrogen-bond donors (Lipinski definition) is 0. The van der Waals surface area contributed by atoms with Crippen LogP contribution in [0.15, 0.2) is 36.9 Å². The summed E-state index contributed by atoms with van der Waals surface area (Å²) in [5.74, 6) is 0.642. The van der Waals surface area contributed by atoms with E-state index in [1.54, 1.807) is 0 Å². The number of aromatic nitrogens is 1.